The van der Waals surface area contributed by atoms with Crippen LogP contribution >= 0.6 is 11.9 Å². The number of hydrogen-bond acceptors (Lipinski definition) is 8. The SMILES string of the molecule is C1CCNCC1.CCCSNc1ncnn2c(-c3cc(CC)c4nc(N)ncc4c3)ccc12. The maximum atomic E-state index is 5.77. The van der Waals surface area contributed by atoms with E-state index in [2.05, 4.69) is 62.1 Å². The predicted molar refractivity (Wildman–Crippen MR) is 138 cm³/mol. The lowest BCUT2D eigenvalue weighted by atomic mass is 10.0. The molecule has 1 saturated heterocycles. The number of aromatic nitrogens is 5. The van der Waals surface area contributed by atoms with Crippen LogP contribution in [0.1, 0.15) is 45.1 Å². The van der Waals surface area contributed by atoms with Crippen LogP contribution in [0, 0.1) is 0 Å². The minimum absolute atomic E-state index is 0.297. The second kappa shape index (κ2) is 11.3. The third-order valence-electron chi connectivity index (χ3n) is 5.59. The Labute approximate surface area is 198 Å². The van der Waals surface area contributed by atoms with Gasteiger partial charge in [-0.1, -0.05) is 32.2 Å². The van der Waals surface area contributed by atoms with Crippen molar-refractivity contribution in [3.8, 4) is 11.3 Å². The second-order valence-electron chi connectivity index (χ2n) is 8.04. The van der Waals surface area contributed by atoms with Crippen LogP contribution in [0.2, 0.25) is 0 Å². The lowest BCUT2D eigenvalue weighted by Gasteiger charge is -2.10. The smallest absolute Gasteiger partial charge is 0.220 e. The highest BCUT2D eigenvalue weighted by molar-refractivity contribution is 8.00. The van der Waals surface area contributed by atoms with Crippen molar-refractivity contribution >= 4 is 40.1 Å². The van der Waals surface area contributed by atoms with Crippen LogP contribution in [0.3, 0.4) is 0 Å². The molecule has 4 N–H and O–H groups in total. The molecule has 174 valence electrons. The molecule has 0 atom stereocenters. The fourth-order valence-corrected chi connectivity index (χ4v) is 4.50. The first-order chi connectivity index (χ1) is 16.2. The van der Waals surface area contributed by atoms with E-state index in [1.54, 1.807) is 24.5 Å². The van der Waals surface area contributed by atoms with Gasteiger partial charge in [-0.15, -0.1) is 0 Å². The summed E-state index contributed by atoms with van der Waals surface area (Å²) >= 11 is 1.65. The summed E-state index contributed by atoms with van der Waals surface area (Å²) in [4.78, 5) is 12.9. The summed E-state index contributed by atoms with van der Waals surface area (Å²) in [5.41, 5.74) is 10.8. The quantitative estimate of drug-likeness (QED) is 0.278. The van der Waals surface area contributed by atoms with Crippen molar-refractivity contribution in [3.63, 3.8) is 0 Å². The molecule has 33 heavy (non-hydrogen) atoms. The first-order valence-electron chi connectivity index (χ1n) is 11.7. The number of piperidine rings is 1. The van der Waals surface area contributed by atoms with Gasteiger partial charge < -0.3 is 15.8 Å². The van der Waals surface area contributed by atoms with Gasteiger partial charge in [0.05, 0.1) is 11.2 Å². The molecule has 0 aliphatic carbocycles. The number of nitrogens with one attached hydrogen (secondary N) is 2. The average Bonchev–Trinajstić information content (AvgIpc) is 3.30. The number of aryl methyl sites for hydroxylation is 1. The number of anilines is 2. The van der Waals surface area contributed by atoms with Crippen LogP contribution in [0.4, 0.5) is 11.8 Å². The molecule has 0 spiro atoms. The molecule has 5 rings (SSSR count). The molecule has 0 unspecified atom stereocenters. The molecule has 3 aromatic heterocycles. The average molecular weight is 465 g/mol. The zero-order valence-electron chi connectivity index (χ0n) is 19.3. The zero-order valence-corrected chi connectivity index (χ0v) is 20.2. The molecular formula is C24H32N8S. The Hall–Kier alpha value is -2.91. The van der Waals surface area contributed by atoms with Gasteiger partial charge in [0.25, 0.3) is 0 Å². The predicted octanol–water partition coefficient (Wildman–Crippen LogP) is 4.71. The van der Waals surface area contributed by atoms with E-state index in [1.807, 2.05) is 10.6 Å². The number of nitrogens with zero attached hydrogens (tertiary/aromatic N) is 5. The summed E-state index contributed by atoms with van der Waals surface area (Å²) < 4.78 is 5.24. The van der Waals surface area contributed by atoms with E-state index in [4.69, 9.17) is 5.73 Å². The van der Waals surface area contributed by atoms with Gasteiger partial charge in [0, 0.05) is 22.9 Å². The van der Waals surface area contributed by atoms with E-state index in [0.29, 0.717) is 5.95 Å². The summed E-state index contributed by atoms with van der Waals surface area (Å²) in [6.07, 6.45) is 9.54. The van der Waals surface area contributed by atoms with E-state index in [-0.39, 0.29) is 0 Å². The third-order valence-corrected chi connectivity index (χ3v) is 6.54. The fraction of sp³-hybridized carbons (Fsp3) is 0.417. The molecule has 4 aromatic rings. The van der Waals surface area contributed by atoms with Crippen molar-refractivity contribution in [2.75, 3.05) is 29.3 Å². The van der Waals surface area contributed by atoms with E-state index in [9.17, 15) is 0 Å². The van der Waals surface area contributed by atoms with E-state index >= 15 is 0 Å². The Bertz CT molecular complexity index is 1190. The largest absolute Gasteiger partial charge is 0.368 e. The number of hydrogen-bond donors (Lipinski definition) is 3. The summed E-state index contributed by atoms with van der Waals surface area (Å²) in [5.74, 6) is 2.14. The van der Waals surface area contributed by atoms with Gasteiger partial charge in [-0.25, -0.2) is 19.5 Å². The minimum atomic E-state index is 0.297. The van der Waals surface area contributed by atoms with Crippen molar-refractivity contribution in [1.29, 1.82) is 0 Å². The van der Waals surface area contributed by atoms with E-state index < -0.39 is 0 Å². The standard InChI is InChI=1S/C19H21N7S.C5H11N/c1-3-7-27-25-18-16-6-5-15(26(16)23-11-22-18)13-8-12(4-2)17-14(9-13)10-21-19(20)24-17;1-2-4-6-5-3-1/h5-6,8-11H,3-4,7H2,1-2H3,(H2,20,21,24)(H,22,23,25);6H,1-5H2. The van der Waals surface area contributed by atoms with Crippen LogP contribution in [-0.4, -0.2) is 43.4 Å². The second-order valence-corrected chi connectivity index (χ2v) is 8.94. The van der Waals surface area contributed by atoms with Gasteiger partial charge in [-0.05, 0) is 68.6 Å². The Morgan fingerprint density at radius 3 is 2.67 bits per heavy atom. The van der Waals surface area contributed by atoms with Gasteiger partial charge >= 0.3 is 0 Å². The highest BCUT2D eigenvalue weighted by Gasteiger charge is 2.13. The van der Waals surface area contributed by atoms with Crippen molar-refractivity contribution in [1.82, 2.24) is 29.9 Å². The lowest BCUT2D eigenvalue weighted by Crippen LogP contribution is -2.21. The Balaban J connectivity index is 0.000000376. The molecule has 0 amide bonds. The first kappa shape index (κ1) is 23.3. The zero-order chi connectivity index (χ0) is 23.0. The van der Waals surface area contributed by atoms with Crippen LogP contribution in [0.5, 0.6) is 0 Å². The fourth-order valence-electron chi connectivity index (χ4n) is 3.90. The minimum Gasteiger partial charge on any atom is -0.368 e. The summed E-state index contributed by atoms with van der Waals surface area (Å²) in [5, 5.41) is 8.72. The first-order valence-corrected chi connectivity index (χ1v) is 12.7. The van der Waals surface area contributed by atoms with Crippen molar-refractivity contribution < 1.29 is 0 Å². The number of nitrogens with two attached hydrogens (primary N) is 1. The van der Waals surface area contributed by atoms with Crippen LogP contribution in [0.15, 0.2) is 36.8 Å². The molecular weight excluding hydrogens is 432 g/mol. The normalized spacial score (nSPS) is 13.6. The number of benzene rings is 1. The van der Waals surface area contributed by atoms with Gasteiger partial charge in [-0.3, -0.25) is 0 Å². The summed E-state index contributed by atoms with van der Waals surface area (Å²) in [6, 6.07) is 8.34. The van der Waals surface area contributed by atoms with Gasteiger partial charge in [-0.2, -0.15) is 5.10 Å². The molecule has 0 saturated carbocycles. The number of rotatable bonds is 6. The molecule has 9 heteroatoms. The Kier molecular flexibility index (Phi) is 7.96. The molecule has 4 heterocycles. The number of fused-ring (bicyclic) bond motifs is 2. The molecule has 0 bridgehead atoms. The molecule has 1 fully saturated rings. The van der Waals surface area contributed by atoms with Crippen molar-refractivity contribution in [2.45, 2.75) is 46.0 Å². The van der Waals surface area contributed by atoms with Crippen LogP contribution in [0.25, 0.3) is 27.7 Å². The van der Waals surface area contributed by atoms with Crippen LogP contribution in [-0.2, 0) is 6.42 Å². The maximum Gasteiger partial charge on any atom is 0.220 e. The molecule has 1 aromatic carbocycles. The van der Waals surface area contributed by atoms with Gasteiger partial charge in [0.15, 0.2) is 5.82 Å². The topological polar surface area (TPSA) is 106 Å². The maximum absolute atomic E-state index is 5.77. The Morgan fingerprint density at radius 1 is 1.12 bits per heavy atom. The van der Waals surface area contributed by atoms with Crippen LogP contribution < -0.4 is 15.8 Å². The van der Waals surface area contributed by atoms with E-state index in [0.717, 1.165) is 57.7 Å². The molecule has 1 aliphatic rings. The van der Waals surface area contributed by atoms with Gasteiger partial charge in [0.2, 0.25) is 5.95 Å². The Morgan fingerprint density at radius 2 is 1.97 bits per heavy atom. The molecule has 0 radical (unpaired) electrons. The molecule has 1 aliphatic heterocycles. The summed E-state index contributed by atoms with van der Waals surface area (Å²) in [6.45, 7) is 6.77. The lowest BCUT2D eigenvalue weighted by molar-refractivity contribution is 0.520. The highest BCUT2D eigenvalue weighted by atomic mass is 32.2. The molecule has 8 nitrogen and oxygen atoms in total. The van der Waals surface area contributed by atoms with Crippen molar-refractivity contribution in [3.05, 3.63) is 42.4 Å². The van der Waals surface area contributed by atoms with Crippen molar-refractivity contribution in [2.24, 2.45) is 0 Å². The highest BCUT2D eigenvalue weighted by Crippen LogP contribution is 2.30. The third kappa shape index (κ3) is 5.54. The monoisotopic (exact) mass is 464 g/mol. The number of nitrogen functional groups attached to an aromatic ring is 1. The van der Waals surface area contributed by atoms with Gasteiger partial charge in [0.1, 0.15) is 11.8 Å². The van der Waals surface area contributed by atoms with E-state index in [1.165, 1.54) is 32.4 Å². The summed E-state index contributed by atoms with van der Waals surface area (Å²) in [7, 11) is 0.